The summed E-state index contributed by atoms with van der Waals surface area (Å²) in [7, 11) is -1.81. The maximum absolute atomic E-state index is 11.9. The van der Waals surface area contributed by atoms with E-state index in [1.165, 1.54) is 0 Å². The third-order valence-corrected chi connectivity index (χ3v) is 4.05. The van der Waals surface area contributed by atoms with Crippen molar-refractivity contribution in [1.82, 2.24) is 15.1 Å². The van der Waals surface area contributed by atoms with Gasteiger partial charge in [-0.15, -0.1) is 5.06 Å². The van der Waals surface area contributed by atoms with Crippen LogP contribution in [0.1, 0.15) is 0 Å². The molecule has 98 valence electrons. The Morgan fingerprint density at radius 2 is 2.18 bits per heavy atom. The van der Waals surface area contributed by atoms with E-state index in [4.69, 9.17) is 14.5 Å². The minimum absolute atomic E-state index is 0.0374. The topological polar surface area (TPSA) is 74.3 Å². The fraction of sp³-hybridized carbons (Fsp3) is 1.00. The molecular formula is C9H19N3O4P+. The van der Waals surface area contributed by atoms with E-state index in [1.54, 1.807) is 5.06 Å². The van der Waals surface area contributed by atoms with Gasteiger partial charge in [-0.1, -0.05) is 4.67 Å². The molecule has 7 nitrogen and oxygen atoms in total. The summed E-state index contributed by atoms with van der Waals surface area (Å²) in [5.41, 5.74) is 0. The van der Waals surface area contributed by atoms with Gasteiger partial charge in [0.15, 0.2) is 0 Å². The molecule has 0 radical (unpaired) electrons. The number of hydroxylamine groups is 2. The summed E-state index contributed by atoms with van der Waals surface area (Å²) in [6.07, 6.45) is -0.241. The van der Waals surface area contributed by atoms with E-state index < -0.39 is 8.18 Å². The molecule has 2 unspecified atom stereocenters. The Bertz CT molecular complexity index is 263. The molecule has 0 saturated carbocycles. The first-order valence-corrected chi connectivity index (χ1v) is 7.01. The number of hydrogen-bond donors (Lipinski definition) is 2. The Balaban J connectivity index is 1.77. The minimum Gasteiger partial charge on any atom is -0.394 e. The van der Waals surface area contributed by atoms with Crippen molar-refractivity contribution in [3.63, 3.8) is 0 Å². The summed E-state index contributed by atoms with van der Waals surface area (Å²) in [6.45, 7) is 4.67. The molecule has 17 heavy (non-hydrogen) atoms. The molecule has 2 N–H and O–H groups in total. The molecule has 2 atom stereocenters. The summed E-state index contributed by atoms with van der Waals surface area (Å²) >= 11 is 0. The molecule has 2 saturated heterocycles. The number of hydrogen-bond acceptors (Lipinski definition) is 6. The third-order valence-electron chi connectivity index (χ3n) is 2.81. The zero-order valence-electron chi connectivity index (χ0n) is 9.75. The van der Waals surface area contributed by atoms with Crippen LogP contribution in [0.3, 0.4) is 0 Å². The van der Waals surface area contributed by atoms with Crippen molar-refractivity contribution in [2.45, 2.75) is 6.10 Å². The van der Waals surface area contributed by atoms with Gasteiger partial charge in [-0.05, 0) is 9.19 Å². The molecule has 0 aromatic heterocycles. The second-order valence-corrected chi connectivity index (χ2v) is 5.29. The average Bonchev–Trinajstić information content (AvgIpc) is 2.40. The molecule has 0 amide bonds. The zero-order chi connectivity index (χ0) is 12.1. The van der Waals surface area contributed by atoms with Gasteiger partial charge < -0.3 is 15.2 Å². The maximum Gasteiger partial charge on any atom is 0.634 e. The van der Waals surface area contributed by atoms with E-state index in [0.717, 1.165) is 26.2 Å². The first-order chi connectivity index (χ1) is 8.29. The third kappa shape index (κ3) is 3.93. The van der Waals surface area contributed by atoms with E-state index in [9.17, 15) is 4.57 Å². The fourth-order valence-electron chi connectivity index (χ4n) is 1.84. The van der Waals surface area contributed by atoms with E-state index in [0.29, 0.717) is 19.7 Å². The van der Waals surface area contributed by atoms with Gasteiger partial charge in [-0.3, -0.25) is 0 Å². The van der Waals surface area contributed by atoms with Crippen molar-refractivity contribution in [1.29, 1.82) is 0 Å². The van der Waals surface area contributed by atoms with Gasteiger partial charge in [-0.2, -0.15) is 0 Å². The lowest BCUT2D eigenvalue weighted by atomic mass is 10.3. The van der Waals surface area contributed by atoms with Crippen molar-refractivity contribution < 1.29 is 19.0 Å². The number of piperazine rings is 1. The lowest BCUT2D eigenvalue weighted by Crippen LogP contribution is -2.44. The summed E-state index contributed by atoms with van der Waals surface area (Å²) in [5, 5.41) is 13.8. The molecule has 2 fully saturated rings. The molecule has 0 aromatic rings. The summed E-state index contributed by atoms with van der Waals surface area (Å²) < 4.78 is 24.5. The number of nitrogens with zero attached hydrogens (tertiary/aromatic N) is 2. The van der Waals surface area contributed by atoms with Crippen molar-refractivity contribution in [2.75, 3.05) is 52.5 Å². The molecule has 2 aliphatic heterocycles. The van der Waals surface area contributed by atoms with Crippen LogP contribution in [0.5, 0.6) is 0 Å². The maximum atomic E-state index is 11.9. The second-order valence-electron chi connectivity index (χ2n) is 4.09. The molecule has 2 heterocycles. The molecule has 0 aromatic carbocycles. The van der Waals surface area contributed by atoms with Crippen LogP contribution in [0.15, 0.2) is 0 Å². The fourth-order valence-corrected chi connectivity index (χ4v) is 2.82. The molecule has 0 bridgehead atoms. The monoisotopic (exact) mass is 264 g/mol. The SMILES string of the molecule is O=[P+](ON1CCOC(CO)C1)N1CCNCC1. The van der Waals surface area contributed by atoms with Crippen LogP contribution in [0.2, 0.25) is 0 Å². The number of ether oxygens (including phenoxy) is 1. The summed E-state index contributed by atoms with van der Waals surface area (Å²) in [6, 6.07) is 0. The van der Waals surface area contributed by atoms with Gasteiger partial charge in [0.1, 0.15) is 0 Å². The van der Waals surface area contributed by atoms with E-state index >= 15 is 0 Å². The molecule has 0 spiro atoms. The highest BCUT2D eigenvalue weighted by molar-refractivity contribution is 7.36. The smallest absolute Gasteiger partial charge is 0.394 e. The summed E-state index contributed by atoms with van der Waals surface area (Å²) in [4.78, 5) is 0. The van der Waals surface area contributed by atoms with Gasteiger partial charge >= 0.3 is 8.18 Å². The number of rotatable bonds is 4. The lowest BCUT2D eigenvalue weighted by Gasteiger charge is -2.27. The average molecular weight is 264 g/mol. The Labute approximate surface area is 102 Å². The van der Waals surface area contributed by atoms with Gasteiger partial charge in [0.05, 0.1) is 45.5 Å². The van der Waals surface area contributed by atoms with Gasteiger partial charge in [0.25, 0.3) is 0 Å². The second kappa shape index (κ2) is 6.70. The number of morpholine rings is 1. The van der Waals surface area contributed by atoms with E-state index in [2.05, 4.69) is 5.32 Å². The van der Waals surface area contributed by atoms with Crippen molar-refractivity contribution >= 4 is 8.18 Å². The quantitative estimate of drug-likeness (QED) is 0.642. The van der Waals surface area contributed by atoms with Gasteiger partial charge in [-0.25, -0.2) is 0 Å². The normalized spacial score (nSPS) is 29.2. The Hall–Kier alpha value is -0.140. The predicted molar refractivity (Wildman–Crippen MR) is 61.5 cm³/mol. The number of aliphatic hydroxyl groups is 1. The van der Waals surface area contributed by atoms with Crippen molar-refractivity contribution in [3.8, 4) is 0 Å². The number of nitrogens with one attached hydrogen (secondary N) is 1. The van der Waals surface area contributed by atoms with Crippen molar-refractivity contribution in [3.05, 3.63) is 0 Å². The predicted octanol–water partition coefficient (Wildman–Crippen LogP) is -0.826. The van der Waals surface area contributed by atoms with Gasteiger partial charge in [0.2, 0.25) is 0 Å². The van der Waals surface area contributed by atoms with Crippen LogP contribution >= 0.6 is 8.18 Å². The van der Waals surface area contributed by atoms with Gasteiger partial charge in [0, 0.05) is 13.1 Å². The van der Waals surface area contributed by atoms with Crippen LogP contribution in [0, 0.1) is 0 Å². The standard InChI is InChI=1S/C9H19N3O4P/c13-8-9-7-11(5-6-15-9)16-17(14)12-3-1-10-2-4-12/h9-10,13H,1-8H2/q+1. The van der Waals surface area contributed by atoms with Crippen molar-refractivity contribution in [2.24, 2.45) is 0 Å². The number of aliphatic hydroxyl groups excluding tert-OH is 1. The summed E-state index contributed by atoms with van der Waals surface area (Å²) in [5.74, 6) is 0. The Morgan fingerprint density at radius 1 is 1.41 bits per heavy atom. The highest BCUT2D eigenvalue weighted by Crippen LogP contribution is 2.30. The lowest BCUT2D eigenvalue weighted by molar-refractivity contribution is -0.155. The molecule has 8 heteroatoms. The van der Waals surface area contributed by atoms with E-state index in [1.807, 2.05) is 4.67 Å². The molecule has 2 aliphatic rings. The van der Waals surface area contributed by atoms with Crippen LogP contribution in [-0.4, -0.2) is 73.4 Å². The van der Waals surface area contributed by atoms with E-state index in [-0.39, 0.29) is 12.7 Å². The first-order valence-electron chi connectivity index (χ1n) is 5.88. The minimum atomic E-state index is -1.81. The zero-order valence-corrected chi connectivity index (χ0v) is 10.6. The largest absolute Gasteiger partial charge is 0.634 e. The highest BCUT2D eigenvalue weighted by atomic mass is 31.1. The van der Waals surface area contributed by atoms with Crippen LogP contribution in [-0.2, 0) is 13.9 Å². The Kier molecular flexibility index (Phi) is 5.24. The molecule has 2 rings (SSSR count). The first kappa shape index (κ1) is 13.3. The molecular weight excluding hydrogens is 245 g/mol. The highest BCUT2D eigenvalue weighted by Gasteiger charge is 2.36. The van der Waals surface area contributed by atoms with Crippen LogP contribution in [0.4, 0.5) is 0 Å². The van der Waals surface area contributed by atoms with Crippen LogP contribution in [0.25, 0.3) is 0 Å². The Morgan fingerprint density at radius 3 is 2.88 bits per heavy atom. The van der Waals surface area contributed by atoms with Crippen LogP contribution < -0.4 is 5.32 Å². The molecule has 0 aliphatic carbocycles.